The Labute approximate surface area is 171 Å². The van der Waals surface area contributed by atoms with Crippen LogP contribution in [0.1, 0.15) is 22.3 Å². The average molecular weight is 475 g/mol. The molecule has 0 spiro atoms. The van der Waals surface area contributed by atoms with Gasteiger partial charge in [0.15, 0.2) is 0 Å². The van der Waals surface area contributed by atoms with Crippen molar-refractivity contribution in [2.45, 2.75) is 12.4 Å². The number of alkyl halides is 6. The first-order valence-corrected chi connectivity index (χ1v) is 9.35. The van der Waals surface area contributed by atoms with E-state index < -0.39 is 45.1 Å². The van der Waals surface area contributed by atoms with Gasteiger partial charge in [0.1, 0.15) is 0 Å². The van der Waals surface area contributed by atoms with Crippen LogP contribution >= 0.6 is 11.6 Å². The number of benzene rings is 2. The Morgan fingerprint density at radius 2 is 1.60 bits per heavy atom. The van der Waals surface area contributed by atoms with Gasteiger partial charge in [0, 0.05) is 5.02 Å². The monoisotopic (exact) mass is 474 g/mol. The lowest BCUT2D eigenvalue weighted by Gasteiger charge is -2.18. The van der Waals surface area contributed by atoms with Crippen LogP contribution < -0.4 is 5.11 Å². The van der Waals surface area contributed by atoms with Crippen LogP contribution in [0.2, 0.25) is 5.02 Å². The van der Waals surface area contributed by atoms with Gasteiger partial charge >= 0.3 is 12.4 Å². The third kappa shape index (κ3) is 8.05. The zero-order chi connectivity index (χ0) is 23.3. The van der Waals surface area contributed by atoms with Gasteiger partial charge in [0.05, 0.1) is 16.5 Å². The van der Waals surface area contributed by atoms with Gasteiger partial charge in [-0.25, -0.2) is 0 Å². The molecule has 0 amide bonds. The van der Waals surface area contributed by atoms with Gasteiger partial charge in [-0.3, -0.25) is 4.55 Å². The summed E-state index contributed by atoms with van der Waals surface area (Å²) in [6.07, 6.45) is -8.82. The van der Waals surface area contributed by atoms with E-state index in [2.05, 4.69) is 0 Å². The molecule has 5 nitrogen and oxygen atoms in total. The van der Waals surface area contributed by atoms with Crippen LogP contribution in [-0.4, -0.2) is 18.9 Å². The van der Waals surface area contributed by atoms with E-state index in [9.17, 15) is 39.9 Å². The van der Waals surface area contributed by atoms with E-state index in [1.807, 2.05) is 0 Å². The second-order valence-corrected chi connectivity index (χ2v) is 7.13. The zero-order valence-electron chi connectivity index (χ0n) is 14.4. The molecule has 164 valence electrons. The molecule has 0 atom stereocenters. The normalized spacial score (nSPS) is 12.4. The SMILES string of the molecule is N=C([O-])c1ccc(C(F)(F)F)cc1C(F)(F)F.O=S(=O)(O)/C=C/c1ccccc1Cl. The summed E-state index contributed by atoms with van der Waals surface area (Å²) in [7, 11) is -4.08. The van der Waals surface area contributed by atoms with E-state index in [4.69, 9.17) is 21.6 Å². The molecule has 0 fully saturated rings. The molecule has 0 bridgehead atoms. The first kappa shape index (κ1) is 25.5. The molecule has 0 saturated heterocycles. The van der Waals surface area contributed by atoms with Crippen LogP contribution in [-0.2, 0) is 22.5 Å². The summed E-state index contributed by atoms with van der Waals surface area (Å²) < 4.78 is 103. The lowest BCUT2D eigenvalue weighted by atomic mass is 10.0. The Bertz CT molecular complexity index is 1050. The van der Waals surface area contributed by atoms with Gasteiger partial charge in [-0.15, -0.1) is 0 Å². The molecule has 0 aliphatic rings. The maximum absolute atomic E-state index is 12.4. The summed E-state index contributed by atoms with van der Waals surface area (Å²) in [5, 5.41) is 18.2. The fraction of sp³-hybridized carbons (Fsp3) is 0.118. The minimum atomic E-state index is -5.12. The second kappa shape index (κ2) is 9.49. The number of hydrogen-bond donors (Lipinski definition) is 2. The average Bonchev–Trinajstić information content (AvgIpc) is 2.59. The van der Waals surface area contributed by atoms with Crippen LogP contribution in [0.15, 0.2) is 47.9 Å². The standard InChI is InChI=1S/C9H5F6NO.C8H7ClO3S/c10-8(11,12)4-1-2-5(7(16)17)6(3-4)9(13,14)15;9-8-4-2-1-3-7(8)5-6-13(10,11)12/h1-3H,(H2,16,17);1-6H,(H,10,11,12)/p-1/b;6-5+. The van der Waals surface area contributed by atoms with Crippen molar-refractivity contribution in [2.75, 3.05) is 0 Å². The lowest BCUT2D eigenvalue weighted by Crippen LogP contribution is -2.23. The lowest BCUT2D eigenvalue weighted by molar-refractivity contribution is -0.215. The molecule has 0 aliphatic carbocycles. The molecule has 13 heteroatoms. The van der Waals surface area contributed by atoms with Crippen molar-refractivity contribution in [2.24, 2.45) is 0 Å². The van der Waals surface area contributed by atoms with E-state index in [1.54, 1.807) is 24.3 Å². The molecule has 0 aliphatic heterocycles. The highest BCUT2D eigenvalue weighted by molar-refractivity contribution is 7.88. The molecule has 0 saturated carbocycles. The van der Waals surface area contributed by atoms with E-state index in [-0.39, 0.29) is 6.07 Å². The van der Waals surface area contributed by atoms with Gasteiger partial charge in [-0.2, -0.15) is 34.8 Å². The minimum Gasteiger partial charge on any atom is -0.859 e. The Morgan fingerprint density at radius 3 is 2.03 bits per heavy atom. The van der Waals surface area contributed by atoms with Crippen LogP contribution in [0.3, 0.4) is 0 Å². The summed E-state index contributed by atoms with van der Waals surface area (Å²) in [6, 6.07) is 7.22. The molecule has 0 unspecified atom stereocenters. The summed E-state index contributed by atoms with van der Waals surface area (Å²) in [5.41, 5.74) is -3.84. The summed E-state index contributed by atoms with van der Waals surface area (Å²) in [6.45, 7) is 0. The Kier molecular flexibility index (Phi) is 8.06. The van der Waals surface area contributed by atoms with E-state index in [0.717, 1.165) is 0 Å². The largest absolute Gasteiger partial charge is 0.859 e. The molecule has 0 aromatic heterocycles. The minimum absolute atomic E-state index is 0.179. The van der Waals surface area contributed by atoms with Crippen LogP contribution in [0.25, 0.3) is 6.08 Å². The predicted molar refractivity (Wildman–Crippen MR) is 95.3 cm³/mol. The van der Waals surface area contributed by atoms with E-state index in [0.29, 0.717) is 28.1 Å². The van der Waals surface area contributed by atoms with E-state index >= 15 is 0 Å². The molecular weight excluding hydrogens is 464 g/mol. The highest BCUT2D eigenvalue weighted by Crippen LogP contribution is 2.37. The fourth-order valence-corrected chi connectivity index (χ4v) is 2.44. The first-order valence-electron chi connectivity index (χ1n) is 7.47. The number of halogens is 7. The molecule has 30 heavy (non-hydrogen) atoms. The summed E-state index contributed by atoms with van der Waals surface area (Å²) in [5.74, 6) is -1.69. The number of rotatable bonds is 3. The van der Waals surface area contributed by atoms with Crippen molar-refractivity contribution in [1.82, 2.24) is 0 Å². The van der Waals surface area contributed by atoms with Crippen molar-refractivity contribution < 1.29 is 44.4 Å². The molecule has 2 rings (SSSR count). The van der Waals surface area contributed by atoms with Crippen molar-refractivity contribution in [3.05, 3.63) is 75.1 Å². The maximum atomic E-state index is 12.4. The van der Waals surface area contributed by atoms with Crippen molar-refractivity contribution in [3.63, 3.8) is 0 Å². The number of nitrogens with one attached hydrogen (secondary N) is 1. The summed E-state index contributed by atoms with van der Waals surface area (Å²) >= 11 is 5.73. The zero-order valence-corrected chi connectivity index (χ0v) is 16.0. The highest BCUT2D eigenvalue weighted by atomic mass is 35.5. The van der Waals surface area contributed by atoms with Gasteiger partial charge < -0.3 is 10.5 Å². The fourth-order valence-electron chi connectivity index (χ4n) is 1.92. The van der Waals surface area contributed by atoms with Crippen LogP contribution in [0.5, 0.6) is 0 Å². The van der Waals surface area contributed by atoms with Gasteiger partial charge in [0.25, 0.3) is 10.1 Å². The van der Waals surface area contributed by atoms with Gasteiger partial charge in [0.2, 0.25) is 0 Å². The molecule has 2 N–H and O–H groups in total. The predicted octanol–water partition coefficient (Wildman–Crippen LogP) is 4.61. The Hall–Kier alpha value is -2.57. The van der Waals surface area contributed by atoms with Crippen molar-refractivity contribution in [1.29, 1.82) is 5.41 Å². The third-order valence-corrected chi connectivity index (χ3v) is 4.05. The first-order chi connectivity index (χ1) is 13.5. The molecule has 2 aromatic carbocycles. The Morgan fingerprint density at radius 1 is 1.03 bits per heavy atom. The van der Waals surface area contributed by atoms with Crippen LogP contribution in [0.4, 0.5) is 26.3 Å². The Balaban J connectivity index is 0.000000311. The van der Waals surface area contributed by atoms with Crippen molar-refractivity contribution in [3.8, 4) is 0 Å². The summed E-state index contributed by atoms with van der Waals surface area (Å²) in [4.78, 5) is 0. The smallest absolute Gasteiger partial charge is 0.417 e. The number of hydrogen-bond acceptors (Lipinski definition) is 4. The molecule has 0 heterocycles. The highest BCUT2D eigenvalue weighted by Gasteiger charge is 2.37. The topological polar surface area (TPSA) is 101 Å². The van der Waals surface area contributed by atoms with E-state index in [1.165, 1.54) is 6.08 Å². The van der Waals surface area contributed by atoms with Gasteiger partial charge in [-0.05, 0) is 41.3 Å². The maximum Gasteiger partial charge on any atom is 0.417 e. The third-order valence-electron chi connectivity index (χ3n) is 3.22. The molecular formula is C17H11ClF6NO4S-. The second-order valence-electron chi connectivity index (χ2n) is 5.42. The van der Waals surface area contributed by atoms with Crippen LogP contribution in [0, 0.1) is 5.41 Å². The van der Waals surface area contributed by atoms with Crippen molar-refractivity contribution >= 4 is 33.7 Å². The molecule has 2 aromatic rings. The quantitative estimate of drug-likeness (QED) is 0.293. The van der Waals surface area contributed by atoms with Gasteiger partial charge in [-0.1, -0.05) is 35.9 Å². The molecule has 0 radical (unpaired) electrons.